The number of carbonyl (C=O) groups is 1. The predicted octanol–water partition coefficient (Wildman–Crippen LogP) is 3.39. The van der Waals surface area contributed by atoms with Gasteiger partial charge in [-0.05, 0) is 47.5 Å². The van der Waals surface area contributed by atoms with Crippen LogP contribution in [-0.4, -0.2) is 65.3 Å². The summed E-state index contributed by atoms with van der Waals surface area (Å²) in [5.74, 6) is 0.167. The zero-order chi connectivity index (χ0) is 16.1. The number of hydrogen-bond acceptors (Lipinski definition) is 4. The molecule has 0 aliphatic heterocycles. The molecule has 0 amide bonds. The highest BCUT2D eigenvalue weighted by atomic mass is 32.2. The van der Waals surface area contributed by atoms with Gasteiger partial charge in [0, 0.05) is 14.2 Å². The minimum Gasteiger partial charge on any atom is -0.388 e. The zero-order valence-corrected chi connectivity index (χ0v) is 15.6. The SMILES string of the molecule is CB(C)C.CC(C)=O.CN(C)C.COC.CSC. The zero-order valence-electron chi connectivity index (χ0n) is 14.7. The molecule has 0 radical (unpaired) electrons. The van der Waals surface area contributed by atoms with Crippen LogP contribution in [0.25, 0.3) is 0 Å². The molecular weight excluding hydrogens is 245 g/mol. The molecule has 0 saturated heterocycles. The van der Waals surface area contributed by atoms with Crippen LogP contribution in [0.2, 0.25) is 20.5 Å². The van der Waals surface area contributed by atoms with E-state index in [1.807, 2.05) is 38.6 Å². The molecule has 0 aromatic carbocycles. The summed E-state index contributed by atoms with van der Waals surface area (Å²) in [4.78, 5) is 11.4. The summed E-state index contributed by atoms with van der Waals surface area (Å²) in [7, 11) is 9.25. The lowest BCUT2D eigenvalue weighted by Gasteiger charge is -1.90. The number of ketones is 1. The monoisotopic (exact) mass is 281 g/mol. The number of nitrogens with zero attached hydrogens (tertiary/aromatic N) is 1. The Morgan fingerprint density at radius 2 is 1.00 bits per heavy atom. The second kappa shape index (κ2) is 36.0. The number of ether oxygens (including phenoxy) is 1. The van der Waals surface area contributed by atoms with Gasteiger partial charge in [0.2, 0.25) is 0 Å². The van der Waals surface area contributed by atoms with Crippen molar-refractivity contribution in [2.45, 2.75) is 34.3 Å². The fourth-order valence-corrected chi connectivity index (χ4v) is 0. The van der Waals surface area contributed by atoms with Gasteiger partial charge in [0.1, 0.15) is 12.5 Å². The summed E-state index contributed by atoms with van der Waals surface area (Å²) < 4.78 is 4.25. The van der Waals surface area contributed by atoms with Gasteiger partial charge in [0.15, 0.2) is 0 Å². The standard InChI is InChI=1S/C3H9B.C3H9N.C3H6O.C2H6O.C2H6S/c2*1-4(2)3;1-3(2)4;2*1-3-2/h2*1-3H3;1-2H3;2*1-2H3. The Morgan fingerprint density at radius 3 is 1.00 bits per heavy atom. The molecule has 3 nitrogen and oxygen atoms in total. The van der Waals surface area contributed by atoms with E-state index in [2.05, 4.69) is 25.2 Å². The van der Waals surface area contributed by atoms with Crippen LogP contribution >= 0.6 is 11.8 Å². The molecule has 0 spiro atoms. The molecular formula is C13H36BNO2S. The van der Waals surface area contributed by atoms with Crippen molar-refractivity contribution in [1.29, 1.82) is 0 Å². The molecule has 0 aliphatic carbocycles. The van der Waals surface area contributed by atoms with Crippen molar-refractivity contribution < 1.29 is 9.53 Å². The molecule has 0 aromatic rings. The van der Waals surface area contributed by atoms with E-state index in [0.29, 0.717) is 0 Å². The highest BCUT2D eigenvalue weighted by Crippen LogP contribution is 1.70. The van der Waals surface area contributed by atoms with Crippen LogP contribution in [0.5, 0.6) is 0 Å². The smallest absolute Gasteiger partial charge is 0.130 e. The van der Waals surface area contributed by atoms with Crippen molar-refractivity contribution in [1.82, 2.24) is 4.90 Å². The molecule has 0 heterocycles. The number of Topliss-reactive ketones (excluding diaryl/α,β-unsaturated/α-hetero) is 1. The predicted molar refractivity (Wildman–Crippen MR) is 91.7 cm³/mol. The van der Waals surface area contributed by atoms with Crippen LogP contribution < -0.4 is 0 Å². The average Bonchev–Trinajstić information content (AvgIpc) is 2.00. The minimum atomic E-state index is 0.167. The Hall–Kier alpha value is 0.00494. The average molecular weight is 281 g/mol. The van der Waals surface area contributed by atoms with Crippen LogP contribution in [0.3, 0.4) is 0 Å². The van der Waals surface area contributed by atoms with Gasteiger partial charge in [-0.15, -0.1) is 0 Å². The minimum absolute atomic E-state index is 0.167. The molecule has 0 fully saturated rings. The summed E-state index contributed by atoms with van der Waals surface area (Å²) >= 11 is 1.75. The van der Waals surface area contributed by atoms with E-state index in [0.717, 1.165) is 6.71 Å². The van der Waals surface area contributed by atoms with Gasteiger partial charge in [0.05, 0.1) is 0 Å². The van der Waals surface area contributed by atoms with Crippen molar-refractivity contribution in [3.63, 3.8) is 0 Å². The molecule has 0 rings (SSSR count). The van der Waals surface area contributed by atoms with Gasteiger partial charge in [0.25, 0.3) is 0 Å². The highest BCUT2D eigenvalue weighted by Gasteiger charge is 1.76. The fraction of sp³-hybridized carbons (Fsp3) is 0.923. The van der Waals surface area contributed by atoms with E-state index in [-0.39, 0.29) is 5.78 Å². The third-order valence-corrected chi connectivity index (χ3v) is 0. The number of methoxy groups -OCH3 is 1. The number of thioether (sulfide) groups is 1. The van der Waals surface area contributed by atoms with E-state index in [1.54, 1.807) is 26.0 Å². The lowest BCUT2D eigenvalue weighted by Crippen LogP contribution is -1.99. The fourth-order valence-electron chi connectivity index (χ4n) is 0. The molecule has 0 unspecified atom stereocenters. The van der Waals surface area contributed by atoms with E-state index >= 15 is 0 Å². The Kier molecular flexibility index (Phi) is 61.5. The van der Waals surface area contributed by atoms with Crippen molar-refractivity contribution in [2.24, 2.45) is 0 Å². The van der Waals surface area contributed by atoms with Gasteiger partial charge in [-0.3, -0.25) is 0 Å². The molecule has 114 valence electrons. The summed E-state index contributed by atoms with van der Waals surface area (Å²) in [5.41, 5.74) is 0. The number of carbonyl (C=O) groups excluding carboxylic acids is 1. The maximum absolute atomic E-state index is 9.44. The van der Waals surface area contributed by atoms with Gasteiger partial charge >= 0.3 is 0 Å². The first-order valence-electron chi connectivity index (χ1n) is 5.91. The van der Waals surface area contributed by atoms with Crippen LogP contribution in [0, 0.1) is 0 Å². The third-order valence-electron chi connectivity index (χ3n) is 0. The van der Waals surface area contributed by atoms with Gasteiger partial charge < -0.3 is 14.4 Å². The normalized spacial score (nSPS) is 6.94. The maximum Gasteiger partial charge on any atom is 0.130 e. The Labute approximate surface area is 121 Å². The molecule has 0 atom stereocenters. The maximum atomic E-state index is 9.44. The molecule has 18 heavy (non-hydrogen) atoms. The van der Waals surface area contributed by atoms with Crippen LogP contribution in [0.4, 0.5) is 0 Å². The largest absolute Gasteiger partial charge is 0.388 e. The number of hydrogen-bond donors (Lipinski definition) is 0. The Balaban J connectivity index is -0.0000000394. The van der Waals surface area contributed by atoms with E-state index in [9.17, 15) is 4.79 Å². The van der Waals surface area contributed by atoms with Crippen LogP contribution in [0.15, 0.2) is 0 Å². The summed E-state index contributed by atoms with van der Waals surface area (Å²) in [6.45, 7) is 10.4. The molecule has 0 bridgehead atoms. The quantitative estimate of drug-likeness (QED) is 0.637. The van der Waals surface area contributed by atoms with Crippen molar-refractivity contribution >= 4 is 24.3 Å². The second-order valence-corrected chi connectivity index (χ2v) is 5.61. The van der Waals surface area contributed by atoms with E-state index in [1.165, 1.54) is 13.8 Å². The van der Waals surface area contributed by atoms with E-state index in [4.69, 9.17) is 0 Å². The molecule has 5 heteroatoms. The van der Waals surface area contributed by atoms with Crippen LogP contribution in [-0.2, 0) is 9.53 Å². The van der Waals surface area contributed by atoms with Gasteiger partial charge in [-0.25, -0.2) is 0 Å². The molecule has 0 aliphatic rings. The first-order valence-corrected chi connectivity index (χ1v) is 7.54. The molecule has 0 saturated carbocycles. The van der Waals surface area contributed by atoms with Crippen LogP contribution in [0.1, 0.15) is 13.8 Å². The van der Waals surface area contributed by atoms with Crippen molar-refractivity contribution in [3.8, 4) is 0 Å². The topological polar surface area (TPSA) is 29.5 Å². The first-order chi connectivity index (χ1) is 8.02. The van der Waals surface area contributed by atoms with Gasteiger partial charge in [-0.1, -0.05) is 20.5 Å². The Bertz CT molecular complexity index is 106. The lowest BCUT2D eigenvalue weighted by atomic mass is 9.58. The van der Waals surface area contributed by atoms with Crippen molar-refractivity contribution in [2.75, 3.05) is 47.9 Å². The molecule has 0 aromatic heterocycles. The third kappa shape index (κ3) is 148000000. The van der Waals surface area contributed by atoms with E-state index < -0.39 is 0 Å². The molecule has 0 N–H and O–H groups in total. The second-order valence-electron chi connectivity index (χ2n) is 4.80. The van der Waals surface area contributed by atoms with Crippen molar-refractivity contribution in [3.05, 3.63) is 0 Å². The first kappa shape index (κ1) is 30.8. The lowest BCUT2D eigenvalue weighted by molar-refractivity contribution is -0.114. The Morgan fingerprint density at radius 1 is 1.00 bits per heavy atom. The summed E-state index contributed by atoms with van der Waals surface area (Å²) in [6, 6.07) is 0. The van der Waals surface area contributed by atoms with Gasteiger partial charge in [-0.2, -0.15) is 11.8 Å². The highest BCUT2D eigenvalue weighted by molar-refractivity contribution is 7.97. The summed E-state index contributed by atoms with van der Waals surface area (Å²) in [5, 5.41) is 0. The number of rotatable bonds is 0. The summed E-state index contributed by atoms with van der Waals surface area (Å²) in [6.07, 6.45) is 4.08.